The van der Waals surface area contributed by atoms with E-state index in [1.807, 2.05) is 42.5 Å². The number of benzene rings is 2. The van der Waals surface area contributed by atoms with Gasteiger partial charge in [-0.05, 0) is 46.2 Å². The molecule has 0 aliphatic heterocycles. The van der Waals surface area contributed by atoms with Crippen LogP contribution in [0.4, 0.5) is 0 Å². The molecule has 3 rings (SSSR count). The fourth-order valence-corrected chi connectivity index (χ4v) is 2.92. The normalized spacial score (nSPS) is 11.0. The number of ketones is 1. The van der Waals surface area contributed by atoms with Crippen LogP contribution >= 0.6 is 27.7 Å². The Morgan fingerprint density at radius 3 is 2.74 bits per heavy atom. The first-order valence-corrected chi connectivity index (χ1v) is 8.38. The molecule has 0 bridgehead atoms. The molecule has 7 heteroatoms. The van der Waals surface area contributed by atoms with E-state index in [1.165, 1.54) is 17.8 Å². The van der Waals surface area contributed by atoms with Crippen molar-refractivity contribution >= 4 is 33.5 Å². The first-order chi connectivity index (χ1) is 11.2. The van der Waals surface area contributed by atoms with E-state index in [1.54, 1.807) is 22.2 Å². The van der Waals surface area contributed by atoms with Crippen LogP contribution in [0.15, 0.2) is 75.7 Å². The summed E-state index contributed by atoms with van der Waals surface area (Å²) >= 11 is 4.64. The highest BCUT2D eigenvalue weighted by Crippen LogP contribution is 2.19. The highest BCUT2D eigenvalue weighted by atomic mass is 79.9. The van der Waals surface area contributed by atoms with Gasteiger partial charge in [0.25, 0.3) is 0 Å². The van der Waals surface area contributed by atoms with Crippen LogP contribution in [0, 0.1) is 0 Å². The van der Waals surface area contributed by atoms with Crippen LogP contribution in [-0.2, 0) is 0 Å². The predicted molar refractivity (Wildman–Crippen MR) is 92.6 cm³/mol. The number of aromatic nitrogens is 4. The SMILES string of the molecule is O=C(/C=C\Sc1nnnn1-c1ccccc1)c1cccc(Br)c1. The van der Waals surface area contributed by atoms with Crippen molar-refractivity contribution in [2.75, 3.05) is 0 Å². The summed E-state index contributed by atoms with van der Waals surface area (Å²) < 4.78 is 2.50. The summed E-state index contributed by atoms with van der Waals surface area (Å²) in [7, 11) is 0. The molecule has 0 aliphatic rings. The summed E-state index contributed by atoms with van der Waals surface area (Å²) in [5.41, 5.74) is 1.49. The monoisotopic (exact) mass is 386 g/mol. The molecular weight excluding hydrogens is 376 g/mol. The van der Waals surface area contributed by atoms with Crippen LogP contribution in [0.5, 0.6) is 0 Å². The Morgan fingerprint density at radius 1 is 1.13 bits per heavy atom. The average molecular weight is 387 g/mol. The fraction of sp³-hybridized carbons (Fsp3) is 0. The second-order valence-electron chi connectivity index (χ2n) is 4.50. The van der Waals surface area contributed by atoms with E-state index in [-0.39, 0.29) is 5.78 Å². The molecule has 0 amide bonds. The van der Waals surface area contributed by atoms with Gasteiger partial charge in [-0.25, -0.2) is 0 Å². The minimum Gasteiger partial charge on any atom is -0.289 e. The number of hydrogen-bond donors (Lipinski definition) is 0. The van der Waals surface area contributed by atoms with Crippen LogP contribution in [0.3, 0.4) is 0 Å². The van der Waals surface area contributed by atoms with Crippen LogP contribution in [0.25, 0.3) is 5.69 Å². The smallest absolute Gasteiger partial charge is 0.218 e. The Kier molecular flexibility index (Phi) is 4.99. The summed E-state index contributed by atoms with van der Waals surface area (Å²) in [5, 5.41) is 13.9. The van der Waals surface area contributed by atoms with Gasteiger partial charge in [-0.3, -0.25) is 4.79 Å². The van der Waals surface area contributed by atoms with E-state index in [2.05, 4.69) is 31.5 Å². The Morgan fingerprint density at radius 2 is 1.96 bits per heavy atom. The van der Waals surface area contributed by atoms with E-state index in [0.29, 0.717) is 10.7 Å². The average Bonchev–Trinajstić information content (AvgIpc) is 3.04. The summed E-state index contributed by atoms with van der Waals surface area (Å²) in [4.78, 5) is 12.1. The number of nitrogens with zero attached hydrogens (tertiary/aromatic N) is 4. The second-order valence-corrected chi connectivity index (χ2v) is 6.29. The number of tetrazole rings is 1. The van der Waals surface area contributed by atoms with Crippen LogP contribution in [-0.4, -0.2) is 26.0 Å². The molecule has 5 nitrogen and oxygen atoms in total. The van der Waals surface area contributed by atoms with Crippen molar-refractivity contribution < 1.29 is 4.79 Å². The summed E-state index contributed by atoms with van der Waals surface area (Å²) in [5.74, 6) is -0.0717. The third kappa shape index (κ3) is 3.94. The van der Waals surface area contributed by atoms with E-state index in [9.17, 15) is 4.79 Å². The molecular formula is C16H11BrN4OS. The minimum atomic E-state index is -0.0717. The van der Waals surface area contributed by atoms with Crippen LogP contribution in [0.1, 0.15) is 10.4 Å². The molecule has 3 aromatic rings. The van der Waals surface area contributed by atoms with Crippen molar-refractivity contribution in [3.63, 3.8) is 0 Å². The molecule has 23 heavy (non-hydrogen) atoms. The zero-order chi connectivity index (χ0) is 16.1. The highest BCUT2D eigenvalue weighted by Gasteiger charge is 2.07. The van der Waals surface area contributed by atoms with Gasteiger partial charge in [0.1, 0.15) is 0 Å². The molecule has 1 aromatic heterocycles. The van der Waals surface area contributed by atoms with E-state index in [0.717, 1.165) is 10.2 Å². The maximum Gasteiger partial charge on any atom is 0.218 e. The molecule has 0 aliphatic carbocycles. The lowest BCUT2D eigenvalue weighted by Crippen LogP contribution is -1.98. The number of carbonyl (C=O) groups is 1. The van der Waals surface area contributed by atoms with Gasteiger partial charge in [-0.2, -0.15) is 4.68 Å². The van der Waals surface area contributed by atoms with E-state index < -0.39 is 0 Å². The number of thioether (sulfide) groups is 1. The minimum absolute atomic E-state index is 0.0717. The third-order valence-corrected chi connectivity index (χ3v) is 4.17. The van der Waals surface area contributed by atoms with Gasteiger partial charge in [0.05, 0.1) is 5.69 Å². The molecule has 114 valence electrons. The number of hydrogen-bond acceptors (Lipinski definition) is 5. The molecule has 0 radical (unpaired) electrons. The Bertz CT molecular complexity index is 848. The van der Waals surface area contributed by atoms with Crippen molar-refractivity contribution in [1.29, 1.82) is 0 Å². The van der Waals surface area contributed by atoms with Crippen molar-refractivity contribution in [3.8, 4) is 5.69 Å². The van der Waals surface area contributed by atoms with Crippen LogP contribution in [0.2, 0.25) is 0 Å². The summed E-state index contributed by atoms with van der Waals surface area (Å²) in [6.07, 6.45) is 1.51. The first kappa shape index (κ1) is 15.6. The Labute approximate surface area is 145 Å². The fourth-order valence-electron chi connectivity index (χ4n) is 1.88. The molecule has 0 saturated heterocycles. The molecule has 0 fully saturated rings. The molecule has 2 aromatic carbocycles. The molecule has 0 saturated carbocycles. The van der Waals surface area contributed by atoms with E-state index >= 15 is 0 Å². The van der Waals surface area contributed by atoms with Gasteiger partial charge in [-0.1, -0.05) is 58.0 Å². The number of para-hydroxylation sites is 1. The number of halogens is 1. The zero-order valence-corrected chi connectivity index (χ0v) is 14.2. The van der Waals surface area contributed by atoms with Crippen molar-refractivity contribution in [2.24, 2.45) is 0 Å². The topological polar surface area (TPSA) is 60.7 Å². The second kappa shape index (κ2) is 7.34. The predicted octanol–water partition coefficient (Wildman–Crippen LogP) is 3.91. The number of allylic oxidation sites excluding steroid dienone is 1. The molecule has 0 N–H and O–H groups in total. The molecule has 0 atom stereocenters. The van der Waals surface area contributed by atoms with Gasteiger partial charge < -0.3 is 0 Å². The maximum absolute atomic E-state index is 12.1. The molecule has 1 heterocycles. The maximum atomic E-state index is 12.1. The van der Waals surface area contributed by atoms with Gasteiger partial charge in [0, 0.05) is 10.0 Å². The largest absolute Gasteiger partial charge is 0.289 e. The quantitative estimate of drug-likeness (QED) is 0.377. The Balaban J connectivity index is 1.72. The first-order valence-electron chi connectivity index (χ1n) is 6.71. The summed E-state index contributed by atoms with van der Waals surface area (Å²) in [6, 6.07) is 16.8. The van der Waals surface area contributed by atoms with Crippen molar-refractivity contribution in [2.45, 2.75) is 5.16 Å². The van der Waals surface area contributed by atoms with Crippen LogP contribution < -0.4 is 0 Å². The van der Waals surface area contributed by atoms with Gasteiger partial charge in [0.15, 0.2) is 5.78 Å². The van der Waals surface area contributed by atoms with Crippen molar-refractivity contribution in [3.05, 3.63) is 76.1 Å². The lowest BCUT2D eigenvalue weighted by molar-refractivity contribution is 0.104. The van der Waals surface area contributed by atoms with Gasteiger partial charge in [-0.15, -0.1) is 5.10 Å². The standard InChI is InChI=1S/C16H11BrN4OS/c17-13-6-4-5-12(11-13)15(22)9-10-23-16-18-19-20-21(16)14-7-2-1-3-8-14/h1-11H/b10-9-. The highest BCUT2D eigenvalue weighted by molar-refractivity contribution is 9.10. The third-order valence-electron chi connectivity index (χ3n) is 2.94. The van der Waals surface area contributed by atoms with E-state index in [4.69, 9.17) is 0 Å². The summed E-state index contributed by atoms with van der Waals surface area (Å²) in [6.45, 7) is 0. The Hall–Kier alpha value is -2.25. The lowest BCUT2D eigenvalue weighted by atomic mass is 10.1. The zero-order valence-electron chi connectivity index (χ0n) is 11.8. The number of rotatable bonds is 5. The lowest BCUT2D eigenvalue weighted by Gasteiger charge is -2.01. The molecule has 0 spiro atoms. The molecule has 0 unspecified atom stereocenters. The number of carbonyl (C=O) groups excluding carboxylic acids is 1. The van der Waals surface area contributed by atoms with Gasteiger partial charge >= 0.3 is 0 Å². The van der Waals surface area contributed by atoms with Gasteiger partial charge in [0.2, 0.25) is 5.16 Å². The van der Waals surface area contributed by atoms with Crippen molar-refractivity contribution in [1.82, 2.24) is 20.2 Å².